The summed E-state index contributed by atoms with van der Waals surface area (Å²) in [5, 5.41) is 20.2. The van der Waals surface area contributed by atoms with Gasteiger partial charge in [-0.2, -0.15) is 5.10 Å². The molecule has 0 bridgehead atoms. The largest absolute Gasteiger partial charge is 0.392 e. The van der Waals surface area contributed by atoms with Crippen LogP contribution in [0.25, 0.3) is 0 Å². The molecule has 6 heteroatoms. The maximum Gasteiger partial charge on any atom is 0.241 e. The Morgan fingerprint density at radius 2 is 2.30 bits per heavy atom. The lowest BCUT2D eigenvalue weighted by atomic mass is 9.64. The predicted molar refractivity (Wildman–Crippen MR) is 75.2 cm³/mol. The van der Waals surface area contributed by atoms with Crippen LogP contribution in [0.3, 0.4) is 0 Å². The molecule has 0 aliphatic heterocycles. The lowest BCUT2D eigenvalue weighted by molar-refractivity contribution is -0.122. The van der Waals surface area contributed by atoms with Crippen molar-refractivity contribution in [1.29, 1.82) is 0 Å². The molecular weight excluding hydrogens is 256 g/mol. The van der Waals surface area contributed by atoms with Gasteiger partial charge >= 0.3 is 0 Å². The molecule has 2 fully saturated rings. The summed E-state index contributed by atoms with van der Waals surface area (Å²) in [6, 6.07) is 0.628. The Morgan fingerprint density at radius 1 is 1.55 bits per heavy atom. The molecule has 1 aromatic rings. The van der Waals surface area contributed by atoms with Crippen LogP contribution in [0.4, 0.5) is 5.69 Å². The Balaban J connectivity index is 1.53. The number of aromatic nitrogens is 2. The van der Waals surface area contributed by atoms with Gasteiger partial charge in [0.2, 0.25) is 5.91 Å². The van der Waals surface area contributed by atoms with Crippen LogP contribution >= 0.6 is 0 Å². The summed E-state index contributed by atoms with van der Waals surface area (Å²) < 4.78 is 1.64. The van der Waals surface area contributed by atoms with Gasteiger partial charge < -0.3 is 15.7 Å². The molecule has 2 aliphatic rings. The summed E-state index contributed by atoms with van der Waals surface area (Å²) in [7, 11) is 0. The zero-order valence-electron chi connectivity index (χ0n) is 12.0. The van der Waals surface area contributed by atoms with E-state index in [2.05, 4.69) is 15.7 Å². The second-order valence-corrected chi connectivity index (χ2v) is 6.54. The van der Waals surface area contributed by atoms with Gasteiger partial charge in [-0.15, -0.1) is 0 Å². The molecule has 6 nitrogen and oxygen atoms in total. The molecule has 110 valence electrons. The van der Waals surface area contributed by atoms with E-state index in [1.807, 2.05) is 20.0 Å². The molecule has 1 heterocycles. The van der Waals surface area contributed by atoms with Crippen molar-refractivity contribution in [2.45, 2.75) is 57.8 Å². The fourth-order valence-corrected chi connectivity index (χ4v) is 2.52. The van der Waals surface area contributed by atoms with E-state index >= 15 is 0 Å². The van der Waals surface area contributed by atoms with Gasteiger partial charge in [0.15, 0.2) is 0 Å². The van der Waals surface area contributed by atoms with E-state index in [1.165, 1.54) is 0 Å². The first-order valence-electron chi connectivity index (χ1n) is 7.21. The van der Waals surface area contributed by atoms with Crippen LogP contribution in [0.15, 0.2) is 12.4 Å². The molecule has 0 radical (unpaired) electrons. The quantitative estimate of drug-likeness (QED) is 0.742. The van der Waals surface area contributed by atoms with Gasteiger partial charge in [-0.3, -0.25) is 9.48 Å². The van der Waals surface area contributed by atoms with Gasteiger partial charge in [0, 0.05) is 23.7 Å². The van der Waals surface area contributed by atoms with Crippen molar-refractivity contribution in [3.63, 3.8) is 0 Å². The highest BCUT2D eigenvalue weighted by molar-refractivity contribution is 5.76. The van der Waals surface area contributed by atoms with Crippen LogP contribution in [0.2, 0.25) is 0 Å². The lowest BCUT2D eigenvalue weighted by Crippen LogP contribution is -2.56. The number of hydrogen-bond acceptors (Lipinski definition) is 4. The summed E-state index contributed by atoms with van der Waals surface area (Å²) in [6.45, 7) is 4.35. The van der Waals surface area contributed by atoms with Crippen molar-refractivity contribution in [3.05, 3.63) is 12.4 Å². The Kier molecular flexibility index (Phi) is 3.20. The number of hydrogen-bond donors (Lipinski definition) is 3. The minimum atomic E-state index is -0.251. The van der Waals surface area contributed by atoms with Gasteiger partial charge in [-0.1, -0.05) is 13.8 Å². The third-order valence-corrected chi connectivity index (χ3v) is 4.44. The SMILES string of the molecule is CC1(C)C(O)CC1Nc1cnn(CC(=O)NC2CC2)c1. The van der Waals surface area contributed by atoms with Crippen LogP contribution < -0.4 is 10.6 Å². The lowest BCUT2D eigenvalue weighted by Gasteiger charge is -2.49. The van der Waals surface area contributed by atoms with E-state index < -0.39 is 0 Å². The molecule has 0 saturated heterocycles. The van der Waals surface area contributed by atoms with Crippen LogP contribution in [0.5, 0.6) is 0 Å². The maximum absolute atomic E-state index is 11.7. The van der Waals surface area contributed by atoms with Gasteiger partial charge in [0.1, 0.15) is 6.54 Å². The Bertz CT molecular complexity index is 507. The van der Waals surface area contributed by atoms with Gasteiger partial charge in [0.05, 0.1) is 18.0 Å². The van der Waals surface area contributed by atoms with Crippen molar-refractivity contribution >= 4 is 11.6 Å². The molecule has 1 amide bonds. The fraction of sp³-hybridized carbons (Fsp3) is 0.714. The highest BCUT2D eigenvalue weighted by Crippen LogP contribution is 2.42. The van der Waals surface area contributed by atoms with Crippen molar-refractivity contribution in [2.75, 3.05) is 5.32 Å². The van der Waals surface area contributed by atoms with Crippen LogP contribution in [-0.2, 0) is 11.3 Å². The van der Waals surface area contributed by atoms with Crippen molar-refractivity contribution in [3.8, 4) is 0 Å². The van der Waals surface area contributed by atoms with E-state index in [-0.39, 0.29) is 30.0 Å². The number of nitrogens with one attached hydrogen (secondary N) is 2. The molecule has 2 aliphatic carbocycles. The number of anilines is 1. The van der Waals surface area contributed by atoms with E-state index in [1.54, 1.807) is 10.9 Å². The molecular formula is C14H22N4O2. The fourth-order valence-electron chi connectivity index (χ4n) is 2.52. The van der Waals surface area contributed by atoms with Gasteiger partial charge in [-0.25, -0.2) is 0 Å². The van der Waals surface area contributed by atoms with Crippen LogP contribution in [0.1, 0.15) is 33.1 Å². The van der Waals surface area contributed by atoms with Crippen LogP contribution in [-0.4, -0.2) is 39.0 Å². The number of rotatable bonds is 5. The first-order chi connectivity index (χ1) is 9.45. The third-order valence-electron chi connectivity index (χ3n) is 4.44. The normalized spacial score (nSPS) is 27.8. The first-order valence-corrected chi connectivity index (χ1v) is 7.21. The monoisotopic (exact) mass is 278 g/mol. The topological polar surface area (TPSA) is 79.2 Å². The van der Waals surface area contributed by atoms with E-state index in [9.17, 15) is 9.90 Å². The minimum Gasteiger partial charge on any atom is -0.392 e. The molecule has 20 heavy (non-hydrogen) atoms. The Hall–Kier alpha value is -1.56. The van der Waals surface area contributed by atoms with Gasteiger partial charge in [0.25, 0.3) is 0 Å². The van der Waals surface area contributed by atoms with E-state index in [0.29, 0.717) is 6.04 Å². The summed E-state index contributed by atoms with van der Waals surface area (Å²) in [6.07, 6.45) is 6.26. The highest BCUT2D eigenvalue weighted by atomic mass is 16.3. The molecule has 3 N–H and O–H groups in total. The number of nitrogens with zero attached hydrogens (tertiary/aromatic N) is 2. The second kappa shape index (κ2) is 4.77. The average Bonchev–Trinajstić information content (AvgIpc) is 3.08. The molecule has 2 saturated carbocycles. The smallest absolute Gasteiger partial charge is 0.241 e. The van der Waals surface area contributed by atoms with E-state index in [0.717, 1.165) is 24.9 Å². The van der Waals surface area contributed by atoms with Crippen LogP contribution in [0, 0.1) is 5.41 Å². The predicted octanol–water partition coefficient (Wildman–Crippen LogP) is 0.733. The van der Waals surface area contributed by atoms with Crippen molar-refractivity contribution < 1.29 is 9.90 Å². The summed E-state index contributed by atoms with van der Waals surface area (Å²) in [4.78, 5) is 11.7. The van der Waals surface area contributed by atoms with Gasteiger partial charge in [-0.05, 0) is 19.3 Å². The molecule has 3 rings (SSSR count). The minimum absolute atomic E-state index is 0.0153. The van der Waals surface area contributed by atoms with E-state index in [4.69, 9.17) is 0 Å². The molecule has 1 aromatic heterocycles. The van der Waals surface area contributed by atoms with Crippen molar-refractivity contribution in [1.82, 2.24) is 15.1 Å². The number of aliphatic hydroxyl groups is 1. The number of carbonyl (C=O) groups excluding carboxylic acids is 1. The molecule has 0 spiro atoms. The standard InChI is InChI=1S/C14H22N4O2/c1-14(2)11(5-12(14)19)16-10-6-15-18(7-10)8-13(20)17-9-3-4-9/h6-7,9,11-12,16,19H,3-5,8H2,1-2H3,(H,17,20). The third kappa shape index (κ3) is 2.65. The summed E-state index contributed by atoms with van der Waals surface area (Å²) in [5.74, 6) is 0.0153. The average molecular weight is 278 g/mol. The summed E-state index contributed by atoms with van der Waals surface area (Å²) >= 11 is 0. The zero-order valence-corrected chi connectivity index (χ0v) is 12.0. The number of aliphatic hydroxyl groups excluding tert-OH is 1. The Labute approximate surface area is 118 Å². The second-order valence-electron chi connectivity index (χ2n) is 6.54. The van der Waals surface area contributed by atoms with Crippen molar-refractivity contribution in [2.24, 2.45) is 5.41 Å². The first kappa shape index (κ1) is 13.4. The number of carbonyl (C=O) groups is 1. The maximum atomic E-state index is 11.7. The molecule has 0 aromatic carbocycles. The summed E-state index contributed by atoms with van der Waals surface area (Å²) in [5.41, 5.74) is 0.778. The Morgan fingerprint density at radius 3 is 2.90 bits per heavy atom. The number of amides is 1. The highest BCUT2D eigenvalue weighted by Gasteiger charge is 2.47. The molecule has 2 unspecified atom stereocenters. The zero-order chi connectivity index (χ0) is 14.3. The molecule has 2 atom stereocenters.